The molecule has 0 spiro atoms. The standard InChI is InChI=1S/C16H23N5O2/c1-12-7-6-8-13(2)20(12)18-21-15(16(17)23-19-21)11-22-14-9-4-3-5-10-14/h3-5,9-10,12-13H,6-8,11,17H2,1-2H3. The highest BCUT2D eigenvalue weighted by atomic mass is 16.5. The molecule has 1 aliphatic heterocycles. The van der Waals surface area contributed by atoms with Crippen molar-refractivity contribution in [3.8, 4) is 5.75 Å². The van der Waals surface area contributed by atoms with Gasteiger partial charge in [0.1, 0.15) is 5.75 Å². The van der Waals surface area contributed by atoms with Crippen LogP contribution in [0.4, 0.5) is 5.88 Å². The molecule has 1 fully saturated rings. The largest absolute Gasteiger partial charge is 0.482 e. The second kappa shape index (κ2) is 6.87. The number of hydrogen-bond acceptors (Lipinski definition) is 5. The fourth-order valence-corrected chi connectivity index (χ4v) is 2.83. The minimum atomic E-state index is 0.224. The highest BCUT2D eigenvalue weighted by Crippen LogP contribution is 2.24. The van der Waals surface area contributed by atoms with Crippen LogP contribution in [0.25, 0.3) is 5.53 Å². The molecule has 2 unspecified atom stereocenters. The van der Waals surface area contributed by atoms with E-state index in [0.717, 1.165) is 18.6 Å². The molecule has 124 valence electrons. The first-order valence-electron chi connectivity index (χ1n) is 7.99. The van der Waals surface area contributed by atoms with Crippen molar-refractivity contribution in [3.63, 3.8) is 0 Å². The Morgan fingerprint density at radius 2 is 2.00 bits per heavy atom. The van der Waals surface area contributed by atoms with Crippen LogP contribution in [-0.4, -0.2) is 22.4 Å². The molecule has 0 aliphatic carbocycles. The fourth-order valence-electron chi connectivity index (χ4n) is 2.83. The van der Waals surface area contributed by atoms with Crippen molar-refractivity contribution in [2.45, 2.75) is 51.8 Å². The topological polar surface area (TPSA) is 82.5 Å². The van der Waals surface area contributed by atoms with E-state index in [1.165, 1.54) is 11.2 Å². The Labute approximate surface area is 135 Å². The van der Waals surface area contributed by atoms with Crippen molar-refractivity contribution >= 4 is 5.88 Å². The maximum absolute atomic E-state index is 5.87. The van der Waals surface area contributed by atoms with Gasteiger partial charge < -0.3 is 15.0 Å². The third-order valence-electron chi connectivity index (χ3n) is 4.20. The van der Waals surface area contributed by atoms with Gasteiger partial charge in [0.25, 0.3) is 5.88 Å². The molecule has 7 nitrogen and oxygen atoms in total. The Morgan fingerprint density at radius 1 is 1.30 bits per heavy atom. The molecule has 7 heteroatoms. The van der Waals surface area contributed by atoms with Crippen molar-refractivity contribution < 1.29 is 14.1 Å². The number of nitrogens with two attached hydrogens (primary N) is 1. The third-order valence-corrected chi connectivity index (χ3v) is 4.20. The van der Waals surface area contributed by atoms with Crippen LogP contribution in [-0.2, 0) is 6.61 Å². The van der Waals surface area contributed by atoms with Crippen LogP contribution in [0.2, 0.25) is 0 Å². The summed E-state index contributed by atoms with van der Waals surface area (Å²) in [4.78, 5) is 1.44. The van der Waals surface area contributed by atoms with E-state index in [9.17, 15) is 0 Å². The van der Waals surface area contributed by atoms with E-state index < -0.39 is 0 Å². The van der Waals surface area contributed by atoms with E-state index >= 15 is 0 Å². The summed E-state index contributed by atoms with van der Waals surface area (Å²) in [7, 11) is 0. The number of nitrogen functional groups attached to an aromatic ring is 1. The zero-order chi connectivity index (χ0) is 16.2. The first-order valence-corrected chi connectivity index (χ1v) is 7.99. The lowest BCUT2D eigenvalue weighted by molar-refractivity contribution is -0.718. The highest BCUT2D eigenvalue weighted by Gasteiger charge is 2.27. The zero-order valence-electron chi connectivity index (χ0n) is 13.6. The molecule has 1 aliphatic rings. The van der Waals surface area contributed by atoms with Gasteiger partial charge in [-0.25, -0.2) is 5.01 Å². The highest BCUT2D eigenvalue weighted by molar-refractivity contribution is 5.26. The number of hydrogen-bond donors (Lipinski definition) is 1. The maximum atomic E-state index is 5.87. The molecule has 0 radical (unpaired) electrons. The van der Waals surface area contributed by atoms with Crippen molar-refractivity contribution in [2.24, 2.45) is 0 Å². The van der Waals surface area contributed by atoms with E-state index in [0.29, 0.717) is 17.8 Å². The lowest BCUT2D eigenvalue weighted by Crippen LogP contribution is -2.50. The number of aromatic nitrogens is 2. The number of rotatable bonds is 5. The molecule has 23 heavy (non-hydrogen) atoms. The normalized spacial score (nSPS) is 22.0. The van der Waals surface area contributed by atoms with Crippen LogP contribution in [0.1, 0.15) is 38.8 Å². The number of para-hydroxylation sites is 1. The first kappa shape index (κ1) is 15.6. The van der Waals surface area contributed by atoms with Crippen LogP contribution in [0.3, 0.4) is 0 Å². The average molecular weight is 317 g/mol. The molecule has 2 N–H and O–H groups in total. The quantitative estimate of drug-likeness (QED) is 0.856. The molecule has 1 aromatic heterocycles. The van der Waals surface area contributed by atoms with Crippen molar-refractivity contribution in [2.75, 3.05) is 5.73 Å². The van der Waals surface area contributed by atoms with Gasteiger partial charge in [0.15, 0.2) is 6.61 Å². The minimum Gasteiger partial charge on any atom is -0.482 e. The van der Waals surface area contributed by atoms with Gasteiger partial charge in [-0.1, -0.05) is 29.4 Å². The van der Waals surface area contributed by atoms with Crippen LogP contribution in [0.5, 0.6) is 5.75 Å². The molecule has 2 heterocycles. The van der Waals surface area contributed by atoms with Gasteiger partial charge in [0.2, 0.25) is 0 Å². The maximum Gasteiger partial charge on any atom is 0.303 e. The molecular weight excluding hydrogens is 294 g/mol. The number of anilines is 1. The number of ether oxygens (including phenoxy) is 1. The summed E-state index contributed by atoms with van der Waals surface area (Å²) in [6.07, 6.45) is 3.47. The number of nitrogens with zero attached hydrogens (tertiary/aromatic N) is 4. The van der Waals surface area contributed by atoms with E-state index in [1.54, 1.807) is 0 Å². The second-order valence-electron chi connectivity index (χ2n) is 5.97. The SMILES string of the molecule is CC1CCCC(C)N1[N-][n+]1noc(N)c1COc1ccccc1. The van der Waals surface area contributed by atoms with E-state index in [-0.39, 0.29) is 12.5 Å². The average Bonchev–Trinajstić information content (AvgIpc) is 2.90. The Kier molecular flexibility index (Phi) is 4.66. The number of piperidine rings is 1. The monoisotopic (exact) mass is 317 g/mol. The van der Waals surface area contributed by atoms with Gasteiger partial charge in [0.05, 0.1) is 0 Å². The lowest BCUT2D eigenvalue weighted by atomic mass is 10.00. The van der Waals surface area contributed by atoms with Crippen molar-refractivity contribution in [1.82, 2.24) is 10.3 Å². The molecular formula is C16H23N5O2. The molecule has 1 aromatic carbocycles. The second-order valence-corrected chi connectivity index (χ2v) is 5.97. The predicted octanol–water partition coefficient (Wildman–Crippen LogP) is 2.44. The molecule has 1 saturated heterocycles. The van der Waals surface area contributed by atoms with E-state index in [2.05, 4.69) is 29.7 Å². The molecule has 3 rings (SSSR count). The van der Waals surface area contributed by atoms with E-state index in [4.69, 9.17) is 15.0 Å². The van der Waals surface area contributed by atoms with Gasteiger partial charge in [0, 0.05) is 12.1 Å². The first-order chi connectivity index (χ1) is 11.1. The van der Waals surface area contributed by atoms with Crippen molar-refractivity contribution in [1.29, 1.82) is 0 Å². The Hall–Kier alpha value is -2.28. The van der Waals surface area contributed by atoms with Gasteiger partial charge in [-0.2, -0.15) is 0 Å². The van der Waals surface area contributed by atoms with Crippen LogP contribution in [0, 0.1) is 0 Å². The Bertz CT molecular complexity index is 621. The summed E-state index contributed by atoms with van der Waals surface area (Å²) in [5.74, 6) is 0.987. The van der Waals surface area contributed by atoms with Crippen molar-refractivity contribution in [3.05, 3.63) is 41.6 Å². The molecule has 0 saturated carbocycles. The Morgan fingerprint density at radius 3 is 2.70 bits per heavy atom. The van der Waals surface area contributed by atoms with Crippen LogP contribution >= 0.6 is 0 Å². The van der Waals surface area contributed by atoms with Crippen LogP contribution < -0.4 is 15.3 Å². The summed E-state index contributed by atoms with van der Waals surface area (Å²) in [5.41, 5.74) is 11.1. The third kappa shape index (κ3) is 3.56. The summed E-state index contributed by atoms with van der Waals surface area (Å²) in [5, 5.41) is 5.99. The smallest absolute Gasteiger partial charge is 0.303 e. The van der Waals surface area contributed by atoms with Gasteiger partial charge in [-0.3, -0.25) is 0 Å². The zero-order valence-corrected chi connectivity index (χ0v) is 13.6. The number of benzene rings is 1. The summed E-state index contributed by atoms with van der Waals surface area (Å²) < 4.78 is 10.8. The Balaban J connectivity index is 1.71. The molecule has 0 amide bonds. The summed E-state index contributed by atoms with van der Waals surface area (Å²) in [6, 6.07) is 10.3. The molecule has 2 aromatic rings. The van der Waals surface area contributed by atoms with Gasteiger partial charge >= 0.3 is 5.69 Å². The molecule has 2 atom stereocenters. The summed E-state index contributed by atoms with van der Waals surface area (Å²) >= 11 is 0. The summed E-state index contributed by atoms with van der Waals surface area (Å²) in [6.45, 7) is 4.59. The minimum absolute atomic E-state index is 0.224. The predicted molar refractivity (Wildman–Crippen MR) is 85.3 cm³/mol. The van der Waals surface area contributed by atoms with Crippen LogP contribution in [0.15, 0.2) is 34.9 Å². The lowest BCUT2D eigenvalue weighted by Gasteiger charge is -2.38. The fraction of sp³-hybridized carbons (Fsp3) is 0.500. The van der Waals surface area contributed by atoms with Gasteiger partial charge in [-0.15, -0.1) is 5.53 Å². The van der Waals surface area contributed by atoms with E-state index in [1.807, 2.05) is 30.3 Å². The van der Waals surface area contributed by atoms with Gasteiger partial charge in [-0.05, 0) is 44.1 Å². The molecule has 0 bridgehead atoms.